The first-order valence-electron chi connectivity index (χ1n) is 5.33. The van der Waals surface area contributed by atoms with E-state index in [1.807, 2.05) is 0 Å². The maximum absolute atomic E-state index is 5.85. The molecule has 0 unspecified atom stereocenters. The van der Waals surface area contributed by atoms with Gasteiger partial charge in [-0.05, 0) is 0 Å². The summed E-state index contributed by atoms with van der Waals surface area (Å²) in [6.07, 6.45) is 0. The molecular formula is C8H19ClGeN2O3S. The fraction of sp³-hybridized carbons (Fsp3) is 1.00. The van der Waals surface area contributed by atoms with Crippen molar-refractivity contribution in [2.45, 2.75) is 0 Å². The second kappa shape index (κ2) is 7.42. The molecule has 3 aliphatic heterocycles. The van der Waals surface area contributed by atoms with Gasteiger partial charge in [-0.1, -0.05) is 0 Å². The van der Waals surface area contributed by atoms with E-state index >= 15 is 0 Å². The molecule has 96 valence electrons. The van der Waals surface area contributed by atoms with Crippen molar-refractivity contribution in [1.29, 1.82) is 0 Å². The van der Waals surface area contributed by atoms with Crippen molar-refractivity contribution in [3.05, 3.63) is 0 Å². The van der Waals surface area contributed by atoms with Crippen LogP contribution in [-0.2, 0) is 11.3 Å². The zero-order valence-electron chi connectivity index (χ0n) is 9.22. The van der Waals surface area contributed by atoms with E-state index in [1.54, 1.807) is 10.1 Å². The molecule has 5 nitrogen and oxygen atoms in total. The van der Waals surface area contributed by atoms with E-state index in [-0.39, 0.29) is 12.4 Å². The van der Waals surface area contributed by atoms with E-state index in [1.165, 1.54) is 0 Å². The average molecular weight is 331 g/mol. The Labute approximate surface area is 109 Å². The molecule has 3 rings (SSSR count). The van der Waals surface area contributed by atoms with Crippen molar-refractivity contribution in [3.63, 3.8) is 0 Å². The third-order valence-electron chi connectivity index (χ3n) is 2.46. The molecule has 3 aliphatic rings. The Hall–Kier alpha value is 0.983. The minimum absolute atomic E-state index is 0. The summed E-state index contributed by atoms with van der Waals surface area (Å²) in [5, 5.41) is 0. The number of nitrogens with two attached hydrogens (primary N) is 1. The SMILES string of the molecule is Cl.NCC[S][Ge]12[O]CCN(CC[O]1)CC[O]2. The molecule has 0 spiro atoms. The number of hydrogen-bond donors (Lipinski definition) is 1. The maximum atomic E-state index is 5.85. The van der Waals surface area contributed by atoms with Crippen molar-refractivity contribution in [3.8, 4) is 0 Å². The van der Waals surface area contributed by atoms with E-state index in [4.69, 9.17) is 17.0 Å². The number of hydrogen-bond acceptors (Lipinski definition) is 6. The van der Waals surface area contributed by atoms with Crippen LogP contribution in [-0.4, -0.2) is 69.8 Å². The van der Waals surface area contributed by atoms with Crippen LogP contribution in [0.25, 0.3) is 0 Å². The van der Waals surface area contributed by atoms with Crippen LogP contribution in [0, 0.1) is 0 Å². The van der Waals surface area contributed by atoms with Crippen LogP contribution in [0.5, 0.6) is 0 Å². The standard InChI is InChI=1S/C8H18GeN2O3S.ClH/c10-1-8-15-9-12-5-2-11(3-6-13-9)4-7-14-9;/h1-8,10H2;1H. The van der Waals surface area contributed by atoms with Gasteiger partial charge in [0.1, 0.15) is 0 Å². The zero-order valence-corrected chi connectivity index (χ0v) is 13.0. The van der Waals surface area contributed by atoms with Crippen LogP contribution < -0.4 is 5.73 Å². The summed E-state index contributed by atoms with van der Waals surface area (Å²) in [4.78, 5) is 2.32. The quantitative estimate of drug-likeness (QED) is 0.730. The Balaban J connectivity index is 0.00000128. The van der Waals surface area contributed by atoms with Crippen molar-refractivity contribution < 1.29 is 11.3 Å². The van der Waals surface area contributed by atoms with Crippen molar-refractivity contribution in [2.75, 3.05) is 51.8 Å². The summed E-state index contributed by atoms with van der Waals surface area (Å²) in [5.74, 6) is 0.865. The van der Waals surface area contributed by atoms with Crippen LogP contribution in [0.3, 0.4) is 0 Å². The fourth-order valence-electron chi connectivity index (χ4n) is 1.67. The third-order valence-corrected chi connectivity index (χ3v) is 12.1. The van der Waals surface area contributed by atoms with Gasteiger partial charge in [0.25, 0.3) is 0 Å². The van der Waals surface area contributed by atoms with Crippen LogP contribution in [0.1, 0.15) is 0 Å². The van der Waals surface area contributed by atoms with Gasteiger partial charge in [0.15, 0.2) is 0 Å². The summed E-state index contributed by atoms with van der Waals surface area (Å²) >= 11 is -2.98. The van der Waals surface area contributed by atoms with Crippen molar-refractivity contribution in [2.24, 2.45) is 5.73 Å². The molecule has 0 aliphatic carbocycles. The van der Waals surface area contributed by atoms with Crippen LogP contribution in [0.2, 0.25) is 0 Å². The molecule has 3 fully saturated rings. The molecule has 0 aromatic heterocycles. The zero-order chi connectivity index (χ0) is 10.6. The summed E-state index contributed by atoms with van der Waals surface area (Å²) < 4.78 is 17.6. The molecule has 8 heteroatoms. The number of fused-ring (bicyclic) bond motifs is 6. The molecule has 16 heavy (non-hydrogen) atoms. The van der Waals surface area contributed by atoms with E-state index < -0.39 is 13.1 Å². The monoisotopic (exact) mass is 332 g/mol. The van der Waals surface area contributed by atoms with Gasteiger partial charge < -0.3 is 0 Å². The first kappa shape index (κ1) is 15.0. The van der Waals surface area contributed by atoms with E-state index in [2.05, 4.69) is 4.90 Å². The fourth-order valence-corrected chi connectivity index (χ4v) is 10.1. The molecule has 0 atom stereocenters. The molecule has 2 N–H and O–H groups in total. The Morgan fingerprint density at radius 3 is 2.00 bits per heavy atom. The van der Waals surface area contributed by atoms with Gasteiger partial charge in [-0.15, -0.1) is 12.4 Å². The second-order valence-electron chi connectivity index (χ2n) is 3.52. The topological polar surface area (TPSA) is 57.0 Å². The van der Waals surface area contributed by atoms with Gasteiger partial charge in [-0.3, -0.25) is 0 Å². The molecule has 0 amide bonds. The normalized spacial score (nSPS) is 34.7. The summed E-state index contributed by atoms with van der Waals surface area (Å²) in [6, 6.07) is 0. The van der Waals surface area contributed by atoms with Gasteiger partial charge in [0.2, 0.25) is 0 Å². The summed E-state index contributed by atoms with van der Waals surface area (Å²) in [7, 11) is 1.69. The van der Waals surface area contributed by atoms with E-state index in [9.17, 15) is 0 Å². The molecule has 3 saturated heterocycles. The van der Waals surface area contributed by atoms with Crippen LogP contribution >= 0.6 is 22.5 Å². The number of nitrogens with zero attached hydrogens (tertiary/aromatic N) is 1. The predicted molar refractivity (Wildman–Crippen MR) is 68.8 cm³/mol. The molecule has 0 saturated carbocycles. The number of halogens is 1. The third kappa shape index (κ3) is 4.02. The Kier molecular flexibility index (Phi) is 6.98. The average Bonchev–Trinajstić information content (AvgIpc) is 2.14. The van der Waals surface area contributed by atoms with Crippen LogP contribution in [0.4, 0.5) is 0 Å². The molecule has 3 heterocycles. The minimum atomic E-state index is -2.98. The van der Waals surface area contributed by atoms with Crippen LogP contribution in [0.15, 0.2) is 0 Å². The Morgan fingerprint density at radius 2 is 1.56 bits per heavy atom. The molecular weight excluding hydrogens is 312 g/mol. The summed E-state index contributed by atoms with van der Waals surface area (Å²) in [5.41, 5.74) is 5.51. The first-order chi connectivity index (χ1) is 7.35. The number of rotatable bonds is 3. The van der Waals surface area contributed by atoms with Gasteiger partial charge in [-0.2, -0.15) is 0 Å². The first-order valence-corrected chi connectivity index (χ1v) is 11.5. The second-order valence-corrected chi connectivity index (χ2v) is 12.6. The Morgan fingerprint density at radius 1 is 1.06 bits per heavy atom. The molecule has 0 aromatic carbocycles. The van der Waals surface area contributed by atoms with E-state index in [0.29, 0.717) is 6.54 Å². The predicted octanol–water partition coefficient (Wildman–Crippen LogP) is -0.0853. The van der Waals surface area contributed by atoms with Gasteiger partial charge in [0, 0.05) is 0 Å². The molecule has 0 aromatic rings. The Bertz CT molecular complexity index is 183. The van der Waals surface area contributed by atoms with Crippen molar-refractivity contribution in [1.82, 2.24) is 4.90 Å². The molecule has 2 bridgehead atoms. The van der Waals surface area contributed by atoms with Crippen molar-refractivity contribution >= 4 is 35.6 Å². The van der Waals surface area contributed by atoms with Gasteiger partial charge in [-0.25, -0.2) is 0 Å². The van der Waals surface area contributed by atoms with Gasteiger partial charge >= 0.3 is 96.9 Å². The molecule has 0 radical (unpaired) electrons. The van der Waals surface area contributed by atoms with E-state index in [0.717, 1.165) is 45.2 Å². The van der Waals surface area contributed by atoms with Gasteiger partial charge in [0.05, 0.1) is 0 Å². The summed E-state index contributed by atoms with van der Waals surface area (Å²) in [6.45, 7) is 5.86.